The Morgan fingerprint density at radius 2 is 1.83 bits per heavy atom. The number of hydrogen-bond acceptors (Lipinski definition) is 3. The Morgan fingerprint density at radius 1 is 1.08 bits per heavy atom. The molecule has 4 nitrogen and oxygen atoms in total. The van der Waals surface area contributed by atoms with Crippen molar-refractivity contribution in [3.8, 4) is 0 Å². The second-order valence-corrected chi connectivity index (χ2v) is 5.86. The normalized spacial score (nSPS) is 11.9. The van der Waals surface area contributed by atoms with Gasteiger partial charge in [-0.15, -0.1) is 0 Å². The van der Waals surface area contributed by atoms with Crippen molar-refractivity contribution in [2.45, 2.75) is 18.9 Å². The van der Waals surface area contributed by atoms with Gasteiger partial charge in [-0.25, -0.2) is 0 Å². The minimum atomic E-state index is -0.0998. The number of carbonyl (C=O) groups is 1. The first-order valence-corrected chi connectivity index (χ1v) is 8.07. The zero-order chi connectivity index (χ0) is 16.8. The van der Waals surface area contributed by atoms with Gasteiger partial charge in [-0.2, -0.15) is 0 Å². The average Bonchev–Trinajstić information content (AvgIpc) is 3.13. The summed E-state index contributed by atoms with van der Waals surface area (Å²) in [5, 5.41) is 7.32. The van der Waals surface area contributed by atoms with Crippen LogP contribution in [0, 0.1) is 0 Å². The lowest BCUT2D eigenvalue weighted by Gasteiger charge is -2.19. The Balaban J connectivity index is 1.78. The van der Waals surface area contributed by atoms with Gasteiger partial charge < -0.3 is 9.84 Å². The predicted molar refractivity (Wildman–Crippen MR) is 92.7 cm³/mol. The first-order valence-electron chi connectivity index (χ1n) is 7.69. The third-order valence-corrected chi connectivity index (χ3v) is 4.17. The molecule has 0 saturated carbocycles. The lowest BCUT2D eigenvalue weighted by molar-refractivity contribution is -0.121. The Morgan fingerprint density at radius 3 is 2.54 bits per heavy atom. The number of nitrogens with one attached hydrogen (secondary N) is 1. The molecule has 0 bridgehead atoms. The molecule has 0 saturated heterocycles. The number of aromatic nitrogens is 1. The second-order valence-electron chi connectivity index (χ2n) is 5.46. The van der Waals surface area contributed by atoms with Crippen LogP contribution in [-0.2, 0) is 11.3 Å². The largest absolute Gasteiger partial charge is 0.364 e. The van der Waals surface area contributed by atoms with E-state index in [-0.39, 0.29) is 11.8 Å². The van der Waals surface area contributed by atoms with Gasteiger partial charge in [0, 0.05) is 23.4 Å². The van der Waals surface area contributed by atoms with E-state index < -0.39 is 0 Å². The van der Waals surface area contributed by atoms with Crippen LogP contribution in [0.5, 0.6) is 0 Å². The number of benzene rings is 2. The van der Waals surface area contributed by atoms with E-state index >= 15 is 0 Å². The first-order chi connectivity index (χ1) is 11.7. The highest BCUT2D eigenvalue weighted by atomic mass is 35.5. The zero-order valence-electron chi connectivity index (χ0n) is 13.0. The van der Waals surface area contributed by atoms with Crippen molar-refractivity contribution >= 4 is 17.5 Å². The fourth-order valence-electron chi connectivity index (χ4n) is 2.63. The summed E-state index contributed by atoms with van der Waals surface area (Å²) >= 11 is 6.36. The number of rotatable bonds is 6. The fraction of sp³-hybridized carbons (Fsp3) is 0.158. The topological polar surface area (TPSA) is 55.1 Å². The van der Waals surface area contributed by atoms with Gasteiger partial charge in [0.05, 0.1) is 6.54 Å². The van der Waals surface area contributed by atoms with E-state index in [0.29, 0.717) is 23.7 Å². The summed E-state index contributed by atoms with van der Waals surface area (Å²) < 4.78 is 4.76. The third-order valence-electron chi connectivity index (χ3n) is 3.83. The standard InChI is InChI=1S/C19H17ClN2O2/c20-18-9-5-4-8-16(18)17(14-6-2-1-3-7-14)12-19(23)21-13-15-10-11-24-22-15/h1-11,17H,12-13H2,(H,21,23)/t17-/m0/s1. The predicted octanol–water partition coefficient (Wildman–Crippen LogP) is 4.17. The van der Waals surface area contributed by atoms with Crippen LogP contribution in [0.2, 0.25) is 5.02 Å². The Hall–Kier alpha value is -2.59. The Labute approximate surface area is 145 Å². The maximum atomic E-state index is 12.4. The van der Waals surface area contributed by atoms with Gasteiger partial charge in [0.15, 0.2) is 0 Å². The molecule has 0 aliphatic carbocycles. The van der Waals surface area contributed by atoms with Gasteiger partial charge >= 0.3 is 0 Å². The highest BCUT2D eigenvalue weighted by Gasteiger charge is 2.20. The summed E-state index contributed by atoms with van der Waals surface area (Å²) in [6.07, 6.45) is 1.80. The van der Waals surface area contributed by atoms with Crippen molar-refractivity contribution in [1.82, 2.24) is 10.5 Å². The van der Waals surface area contributed by atoms with Crippen molar-refractivity contribution in [3.63, 3.8) is 0 Å². The number of amides is 1. The van der Waals surface area contributed by atoms with Crippen molar-refractivity contribution in [2.75, 3.05) is 0 Å². The maximum absolute atomic E-state index is 12.4. The molecule has 1 atom stereocenters. The number of hydrogen-bond donors (Lipinski definition) is 1. The number of nitrogens with zero attached hydrogens (tertiary/aromatic N) is 1. The van der Waals surface area contributed by atoms with E-state index in [4.69, 9.17) is 16.1 Å². The van der Waals surface area contributed by atoms with E-state index in [9.17, 15) is 4.79 Å². The van der Waals surface area contributed by atoms with Crippen LogP contribution in [0.3, 0.4) is 0 Å². The lowest BCUT2D eigenvalue weighted by atomic mass is 9.88. The summed E-state index contributed by atoms with van der Waals surface area (Å²) in [5.74, 6) is -0.163. The maximum Gasteiger partial charge on any atom is 0.221 e. The summed E-state index contributed by atoms with van der Waals surface area (Å²) in [7, 11) is 0. The molecule has 1 aromatic heterocycles. The molecule has 0 aliphatic rings. The molecule has 1 N–H and O–H groups in total. The minimum Gasteiger partial charge on any atom is -0.364 e. The molecule has 0 aliphatic heterocycles. The molecular formula is C19H17ClN2O2. The van der Waals surface area contributed by atoms with E-state index in [0.717, 1.165) is 11.1 Å². The Bertz CT molecular complexity index is 788. The third kappa shape index (κ3) is 4.03. The van der Waals surface area contributed by atoms with E-state index in [1.807, 2.05) is 54.6 Å². The first kappa shape index (κ1) is 16.3. The fourth-order valence-corrected chi connectivity index (χ4v) is 2.89. The molecule has 5 heteroatoms. The van der Waals surface area contributed by atoms with Crippen LogP contribution in [0.25, 0.3) is 0 Å². The van der Waals surface area contributed by atoms with Crippen LogP contribution >= 0.6 is 11.6 Å². The van der Waals surface area contributed by atoms with E-state index in [2.05, 4.69) is 10.5 Å². The summed E-state index contributed by atoms with van der Waals surface area (Å²) in [4.78, 5) is 12.4. The van der Waals surface area contributed by atoms with E-state index in [1.54, 1.807) is 6.07 Å². The molecule has 3 rings (SSSR count). The van der Waals surface area contributed by atoms with Crippen molar-refractivity contribution in [2.24, 2.45) is 0 Å². The van der Waals surface area contributed by atoms with Crippen molar-refractivity contribution in [3.05, 3.63) is 88.8 Å². The van der Waals surface area contributed by atoms with Crippen molar-refractivity contribution < 1.29 is 9.32 Å². The molecule has 0 fully saturated rings. The molecule has 24 heavy (non-hydrogen) atoms. The van der Waals surface area contributed by atoms with E-state index in [1.165, 1.54) is 6.26 Å². The van der Waals surface area contributed by atoms with Gasteiger partial charge in [-0.3, -0.25) is 4.79 Å². The van der Waals surface area contributed by atoms with Crippen LogP contribution in [0.15, 0.2) is 71.4 Å². The molecule has 1 heterocycles. The van der Waals surface area contributed by atoms with Gasteiger partial charge in [-0.05, 0) is 17.2 Å². The molecule has 3 aromatic rings. The zero-order valence-corrected chi connectivity index (χ0v) is 13.7. The molecule has 0 radical (unpaired) electrons. The monoisotopic (exact) mass is 340 g/mol. The van der Waals surface area contributed by atoms with Crippen LogP contribution in [0.4, 0.5) is 0 Å². The average molecular weight is 341 g/mol. The molecular weight excluding hydrogens is 324 g/mol. The molecule has 0 spiro atoms. The summed E-state index contributed by atoms with van der Waals surface area (Å²) in [6.45, 7) is 0.347. The summed E-state index contributed by atoms with van der Waals surface area (Å²) in [5.41, 5.74) is 2.70. The van der Waals surface area contributed by atoms with Gasteiger partial charge in [0.25, 0.3) is 0 Å². The van der Waals surface area contributed by atoms with Gasteiger partial charge in [0.2, 0.25) is 5.91 Å². The highest BCUT2D eigenvalue weighted by molar-refractivity contribution is 6.31. The molecule has 122 valence electrons. The quantitative estimate of drug-likeness (QED) is 0.732. The molecule has 2 aromatic carbocycles. The number of carbonyl (C=O) groups excluding carboxylic acids is 1. The van der Waals surface area contributed by atoms with Gasteiger partial charge in [0.1, 0.15) is 12.0 Å². The summed E-state index contributed by atoms with van der Waals surface area (Å²) in [6, 6.07) is 19.3. The van der Waals surface area contributed by atoms with Crippen LogP contribution in [0.1, 0.15) is 29.2 Å². The second kappa shape index (κ2) is 7.79. The number of halogens is 1. The SMILES string of the molecule is O=C(C[C@@H](c1ccccc1)c1ccccc1Cl)NCc1ccon1. The lowest BCUT2D eigenvalue weighted by Crippen LogP contribution is -2.25. The highest BCUT2D eigenvalue weighted by Crippen LogP contribution is 2.32. The van der Waals surface area contributed by atoms with Gasteiger partial charge in [-0.1, -0.05) is 65.3 Å². The smallest absolute Gasteiger partial charge is 0.221 e. The van der Waals surface area contributed by atoms with Crippen LogP contribution in [-0.4, -0.2) is 11.1 Å². The van der Waals surface area contributed by atoms with Crippen LogP contribution < -0.4 is 5.32 Å². The Kier molecular flexibility index (Phi) is 5.29. The molecule has 0 unspecified atom stereocenters. The molecule has 1 amide bonds. The van der Waals surface area contributed by atoms with Crippen molar-refractivity contribution in [1.29, 1.82) is 0 Å². The minimum absolute atomic E-state index is 0.0632.